The Balaban J connectivity index is 1.74. The molecule has 132 valence electrons. The van der Waals surface area contributed by atoms with Gasteiger partial charge < -0.3 is 14.3 Å². The van der Waals surface area contributed by atoms with Gasteiger partial charge in [0.05, 0.1) is 4.83 Å². The van der Waals surface area contributed by atoms with Gasteiger partial charge in [0, 0.05) is 0 Å². The number of para-hydroxylation sites is 1. The van der Waals surface area contributed by atoms with Gasteiger partial charge in [0.15, 0.2) is 0 Å². The summed E-state index contributed by atoms with van der Waals surface area (Å²) in [5.74, 6) is 3.01. The van der Waals surface area contributed by atoms with Gasteiger partial charge in [-0.2, -0.15) is 0 Å². The molecule has 1 unspecified atom stereocenters. The number of ether oxygens (including phenoxy) is 2. The molecule has 0 aliphatic rings. The third kappa shape index (κ3) is 4.33. The summed E-state index contributed by atoms with van der Waals surface area (Å²) in [5.41, 5.74) is 3.01. The zero-order valence-corrected chi connectivity index (χ0v) is 16.2. The van der Waals surface area contributed by atoms with E-state index in [1.807, 2.05) is 80.6 Å². The van der Waals surface area contributed by atoms with Crippen molar-refractivity contribution in [2.24, 2.45) is 0 Å². The zero-order chi connectivity index (χ0) is 18.5. The van der Waals surface area contributed by atoms with Crippen LogP contribution in [0.3, 0.4) is 0 Å². The van der Waals surface area contributed by atoms with Crippen molar-refractivity contribution in [3.63, 3.8) is 0 Å². The molecule has 0 spiro atoms. The first-order valence-corrected chi connectivity index (χ1v) is 9.19. The fraction of sp³-hybridized carbons (Fsp3) is 0.136. The summed E-state index contributed by atoms with van der Waals surface area (Å²) >= 11 is 3.39. The van der Waals surface area contributed by atoms with Gasteiger partial charge in [-0.05, 0) is 79.1 Å². The smallest absolute Gasteiger partial charge is 0.138 e. The van der Waals surface area contributed by atoms with Gasteiger partial charge in [0.25, 0.3) is 0 Å². The normalized spacial score (nSPS) is 11.7. The molecule has 0 heterocycles. The number of aryl methyl sites for hydroxylation is 2. The average Bonchev–Trinajstić information content (AvgIpc) is 2.63. The number of hydrogen-bond donors (Lipinski definition) is 0. The van der Waals surface area contributed by atoms with Crippen LogP contribution in [0.25, 0.3) is 0 Å². The molecular weight excluding hydrogens is 392 g/mol. The van der Waals surface area contributed by atoms with E-state index in [2.05, 4.69) is 15.9 Å². The minimum Gasteiger partial charge on any atom is -0.457 e. The Morgan fingerprint density at radius 3 is 1.73 bits per heavy atom. The quantitative estimate of drug-likeness (QED) is 0.342. The lowest BCUT2D eigenvalue weighted by molar-refractivity contribution is -0.107. The number of alkyl halides is 1. The van der Waals surface area contributed by atoms with Gasteiger partial charge >= 0.3 is 0 Å². The molecule has 4 heteroatoms. The van der Waals surface area contributed by atoms with Gasteiger partial charge in [-0.15, -0.1) is 0 Å². The number of rotatable bonds is 6. The molecule has 0 saturated heterocycles. The predicted octanol–water partition coefficient (Wildman–Crippen LogP) is 6.52. The van der Waals surface area contributed by atoms with Crippen molar-refractivity contribution in [2.45, 2.75) is 18.7 Å². The molecule has 0 aromatic heterocycles. The van der Waals surface area contributed by atoms with Gasteiger partial charge in [-0.25, -0.2) is 0 Å². The summed E-state index contributed by atoms with van der Waals surface area (Å²) in [6, 6.07) is 21.0. The molecule has 0 aliphatic carbocycles. The molecule has 0 fully saturated rings. The molecule has 3 nitrogen and oxygen atoms in total. The van der Waals surface area contributed by atoms with Crippen LogP contribution in [0.1, 0.15) is 21.5 Å². The van der Waals surface area contributed by atoms with Crippen molar-refractivity contribution >= 4 is 22.2 Å². The molecular formula is C22H19BrO3. The highest BCUT2D eigenvalue weighted by atomic mass is 79.9. The summed E-state index contributed by atoms with van der Waals surface area (Å²) < 4.78 is 11.7. The number of halogens is 1. The Labute approximate surface area is 161 Å². The molecule has 26 heavy (non-hydrogen) atoms. The van der Waals surface area contributed by atoms with E-state index in [0.717, 1.165) is 46.0 Å². The number of carbonyl (C=O) groups excluding carboxylic acids is 1. The third-order valence-corrected chi connectivity index (χ3v) is 4.67. The van der Waals surface area contributed by atoms with Gasteiger partial charge in [0.1, 0.15) is 29.3 Å². The van der Waals surface area contributed by atoms with Crippen LogP contribution in [-0.4, -0.2) is 6.29 Å². The largest absolute Gasteiger partial charge is 0.457 e. The lowest BCUT2D eigenvalue weighted by Gasteiger charge is -2.14. The van der Waals surface area contributed by atoms with E-state index < -0.39 is 0 Å². The van der Waals surface area contributed by atoms with Gasteiger partial charge in [-0.1, -0.05) is 34.1 Å². The van der Waals surface area contributed by atoms with E-state index in [4.69, 9.17) is 9.47 Å². The molecule has 0 N–H and O–H groups in total. The Bertz CT molecular complexity index is 866. The van der Waals surface area contributed by atoms with E-state index in [1.165, 1.54) is 0 Å². The van der Waals surface area contributed by atoms with Crippen LogP contribution in [0.2, 0.25) is 0 Å². The van der Waals surface area contributed by atoms with Crippen LogP contribution in [-0.2, 0) is 4.79 Å². The maximum atomic E-state index is 11.1. The van der Waals surface area contributed by atoms with Crippen molar-refractivity contribution in [3.8, 4) is 23.0 Å². The standard InChI is InChI=1S/C22H19BrO3/c1-15-12-20(13-16(2)22(15)21(23)14-24)26-19-10-8-18(9-11-19)25-17-6-4-3-5-7-17/h3-14,21H,1-2H3. The molecule has 3 aromatic rings. The second-order valence-electron chi connectivity index (χ2n) is 6.00. The Morgan fingerprint density at radius 1 is 0.769 bits per heavy atom. The van der Waals surface area contributed by atoms with Gasteiger partial charge in [0.2, 0.25) is 0 Å². The number of hydrogen-bond acceptors (Lipinski definition) is 3. The molecule has 0 aliphatic heterocycles. The average molecular weight is 411 g/mol. The fourth-order valence-corrected chi connectivity index (χ4v) is 3.56. The molecule has 0 radical (unpaired) electrons. The molecule has 0 saturated carbocycles. The van der Waals surface area contributed by atoms with Crippen molar-refractivity contribution in [1.82, 2.24) is 0 Å². The minimum absolute atomic E-state index is 0.300. The Kier molecular flexibility index (Phi) is 5.74. The van der Waals surface area contributed by atoms with E-state index >= 15 is 0 Å². The second kappa shape index (κ2) is 8.19. The molecule has 0 bridgehead atoms. The van der Waals surface area contributed by atoms with Crippen LogP contribution in [0.5, 0.6) is 23.0 Å². The Hall–Kier alpha value is -2.59. The van der Waals surface area contributed by atoms with Crippen molar-refractivity contribution in [3.05, 3.63) is 83.4 Å². The highest BCUT2D eigenvalue weighted by Crippen LogP contribution is 2.33. The fourth-order valence-electron chi connectivity index (χ4n) is 2.83. The zero-order valence-electron chi connectivity index (χ0n) is 14.6. The molecule has 0 amide bonds. The van der Waals surface area contributed by atoms with Crippen molar-refractivity contribution < 1.29 is 14.3 Å². The first kappa shape index (κ1) is 18.2. The highest BCUT2D eigenvalue weighted by molar-refractivity contribution is 9.09. The number of carbonyl (C=O) groups is 1. The highest BCUT2D eigenvalue weighted by Gasteiger charge is 2.14. The Morgan fingerprint density at radius 2 is 1.23 bits per heavy atom. The van der Waals surface area contributed by atoms with Gasteiger partial charge in [-0.3, -0.25) is 0 Å². The monoisotopic (exact) mass is 410 g/mol. The van der Waals surface area contributed by atoms with Crippen LogP contribution in [0.15, 0.2) is 66.7 Å². The summed E-state index contributed by atoms with van der Waals surface area (Å²) in [6.07, 6.45) is 0.890. The van der Waals surface area contributed by atoms with E-state index in [9.17, 15) is 4.79 Å². The van der Waals surface area contributed by atoms with Crippen molar-refractivity contribution in [2.75, 3.05) is 0 Å². The van der Waals surface area contributed by atoms with Crippen LogP contribution >= 0.6 is 15.9 Å². The third-order valence-electron chi connectivity index (χ3n) is 4.00. The van der Waals surface area contributed by atoms with Crippen molar-refractivity contribution in [1.29, 1.82) is 0 Å². The van der Waals surface area contributed by atoms with E-state index in [0.29, 0.717) is 0 Å². The summed E-state index contributed by atoms with van der Waals surface area (Å²) in [6.45, 7) is 3.95. The first-order valence-electron chi connectivity index (χ1n) is 8.28. The summed E-state index contributed by atoms with van der Waals surface area (Å²) in [7, 11) is 0. The van der Waals surface area contributed by atoms with Crippen LogP contribution in [0, 0.1) is 13.8 Å². The maximum absolute atomic E-state index is 11.1. The first-order chi connectivity index (χ1) is 12.6. The summed E-state index contributed by atoms with van der Waals surface area (Å²) in [4.78, 5) is 10.8. The SMILES string of the molecule is Cc1cc(Oc2ccc(Oc3ccccc3)cc2)cc(C)c1C(Br)C=O. The molecule has 1 atom stereocenters. The summed E-state index contributed by atoms with van der Waals surface area (Å²) in [5, 5.41) is 0. The molecule has 3 rings (SSSR count). The predicted molar refractivity (Wildman–Crippen MR) is 107 cm³/mol. The maximum Gasteiger partial charge on any atom is 0.138 e. The van der Waals surface area contributed by atoms with Crippen LogP contribution < -0.4 is 9.47 Å². The lowest BCUT2D eigenvalue weighted by atomic mass is 10.00. The second-order valence-corrected chi connectivity index (χ2v) is 6.98. The topological polar surface area (TPSA) is 35.5 Å². The lowest BCUT2D eigenvalue weighted by Crippen LogP contribution is -1.99. The number of benzene rings is 3. The van der Waals surface area contributed by atoms with Crippen LogP contribution in [0.4, 0.5) is 0 Å². The number of aldehydes is 1. The minimum atomic E-state index is -0.300. The van der Waals surface area contributed by atoms with E-state index in [1.54, 1.807) is 0 Å². The van der Waals surface area contributed by atoms with E-state index in [-0.39, 0.29) is 4.83 Å². The molecule has 3 aromatic carbocycles.